The first-order valence-electron chi connectivity index (χ1n) is 7.10. The van der Waals surface area contributed by atoms with Crippen molar-refractivity contribution >= 4 is 5.97 Å². The number of carbonyl (C=O) groups is 1. The molecule has 0 aromatic heterocycles. The maximum Gasteiger partial charge on any atom is 0.341 e. The molecule has 3 heteroatoms. The highest BCUT2D eigenvalue weighted by atomic mass is 16.5. The van der Waals surface area contributed by atoms with Crippen molar-refractivity contribution in [1.82, 2.24) is 0 Å². The third-order valence-corrected chi connectivity index (χ3v) is 2.95. The summed E-state index contributed by atoms with van der Waals surface area (Å²) in [6, 6.07) is 5.54. The Morgan fingerprint density at radius 1 is 1.16 bits per heavy atom. The first-order chi connectivity index (χ1) is 9.20. The van der Waals surface area contributed by atoms with Gasteiger partial charge in [0, 0.05) is 0 Å². The third kappa shape index (κ3) is 4.93. The van der Waals surface area contributed by atoms with Crippen LogP contribution in [0.4, 0.5) is 0 Å². The van der Waals surface area contributed by atoms with Gasteiger partial charge < -0.3 is 9.47 Å². The molecule has 0 unspecified atom stereocenters. The van der Waals surface area contributed by atoms with Crippen molar-refractivity contribution in [2.24, 2.45) is 0 Å². The molecule has 0 fully saturated rings. The average Bonchev–Trinajstić information content (AvgIpc) is 2.41. The number of esters is 1. The zero-order valence-corrected chi connectivity index (χ0v) is 12.2. The van der Waals surface area contributed by atoms with Gasteiger partial charge >= 0.3 is 5.97 Å². The Balaban J connectivity index is 2.58. The summed E-state index contributed by atoms with van der Waals surface area (Å²) in [6.45, 7) is 7.03. The Hall–Kier alpha value is -1.51. The van der Waals surface area contributed by atoms with Crippen LogP contribution in [-0.4, -0.2) is 19.2 Å². The molecule has 0 aliphatic rings. The van der Waals surface area contributed by atoms with Crippen molar-refractivity contribution in [2.45, 2.75) is 46.5 Å². The maximum absolute atomic E-state index is 12.0. The van der Waals surface area contributed by atoms with Crippen molar-refractivity contribution in [3.63, 3.8) is 0 Å². The monoisotopic (exact) mass is 264 g/mol. The molecule has 1 rings (SSSR count). The van der Waals surface area contributed by atoms with Gasteiger partial charge in [-0.15, -0.1) is 0 Å². The standard InChI is InChI=1S/C16H24O3/c1-4-6-7-8-12-19-16(17)14-11-9-10-13(3)15(14)18-5-2/h9-11H,4-8,12H2,1-3H3. The summed E-state index contributed by atoms with van der Waals surface area (Å²) in [6.07, 6.45) is 4.40. The third-order valence-electron chi connectivity index (χ3n) is 2.95. The second-order valence-corrected chi connectivity index (χ2v) is 4.58. The molecule has 0 bridgehead atoms. The lowest BCUT2D eigenvalue weighted by Gasteiger charge is -2.12. The normalized spacial score (nSPS) is 10.3. The number of hydrogen-bond acceptors (Lipinski definition) is 3. The fraction of sp³-hybridized carbons (Fsp3) is 0.562. The zero-order valence-electron chi connectivity index (χ0n) is 12.2. The average molecular weight is 264 g/mol. The van der Waals surface area contributed by atoms with E-state index in [-0.39, 0.29) is 5.97 Å². The molecule has 0 heterocycles. The molecule has 0 spiro atoms. The van der Waals surface area contributed by atoms with E-state index in [1.807, 2.05) is 26.0 Å². The minimum absolute atomic E-state index is 0.288. The molecule has 0 radical (unpaired) electrons. The number of ether oxygens (including phenoxy) is 2. The molecule has 1 aromatic carbocycles. The second-order valence-electron chi connectivity index (χ2n) is 4.58. The fourth-order valence-corrected chi connectivity index (χ4v) is 1.92. The van der Waals surface area contributed by atoms with Gasteiger partial charge in [-0.25, -0.2) is 4.79 Å². The maximum atomic E-state index is 12.0. The number of aryl methyl sites for hydroxylation is 1. The van der Waals surface area contributed by atoms with Crippen LogP contribution in [0.3, 0.4) is 0 Å². The largest absolute Gasteiger partial charge is 0.493 e. The predicted octanol–water partition coefficient (Wildman–Crippen LogP) is 4.13. The molecule has 1 aromatic rings. The van der Waals surface area contributed by atoms with E-state index >= 15 is 0 Å². The van der Waals surface area contributed by atoms with E-state index in [0.717, 1.165) is 18.4 Å². The molecule has 0 amide bonds. The molecule has 3 nitrogen and oxygen atoms in total. The van der Waals surface area contributed by atoms with Gasteiger partial charge in [0.1, 0.15) is 11.3 Å². The first kappa shape index (κ1) is 15.5. The van der Waals surface area contributed by atoms with Crippen LogP contribution in [-0.2, 0) is 4.74 Å². The molecule has 0 saturated heterocycles. The summed E-state index contributed by atoms with van der Waals surface area (Å²) in [4.78, 5) is 12.0. The van der Waals surface area contributed by atoms with E-state index in [0.29, 0.717) is 24.5 Å². The molecule has 0 atom stereocenters. The fourth-order valence-electron chi connectivity index (χ4n) is 1.92. The molecule has 0 saturated carbocycles. The highest BCUT2D eigenvalue weighted by molar-refractivity contribution is 5.93. The minimum atomic E-state index is -0.288. The van der Waals surface area contributed by atoms with E-state index in [1.54, 1.807) is 6.07 Å². The summed E-state index contributed by atoms with van der Waals surface area (Å²) in [5.41, 5.74) is 1.49. The summed E-state index contributed by atoms with van der Waals surface area (Å²) in [7, 11) is 0. The molecule has 106 valence electrons. The van der Waals surface area contributed by atoms with E-state index in [2.05, 4.69) is 6.92 Å². The number of hydrogen-bond donors (Lipinski definition) is 0. The lowest BCUT2D eigenvalue weighted by atomic mass is 10.1. The molecule has 0 aliphatic carbocycles. The van der Waals surface area contributed by atoms with E-state index in [1.165, 1.54) is 12.8 Å². The topological polar surface area (TPSA) is 35.5 Å². The van der Waals surface area contributed by atoms with E-state index in [9.17, 15) is 4.79 Å². The van der Waals surface area contributed by atoms with Crippen molar-refractivity contribution < 1.29 is 14.3 Å². The van der Waals surface area contributed by atoms with Crippen molar-refractivity contribution in [3.8, 4) is 5.75 Å². The minimum Gasteiger partial charge on any atom is -0.493 e. The zero-order chi connectivity index (χ0) is 14.1. The Kier molecular flexibility index (Phi) is 7.01. The van der Waals surface area contributed by atoms with E-state index in [4.69, 9.17) is 9.47 Å². The van der Waals surface area contributed by atoms with Crippen LogP contribution in [0.1, 0.15) is 55.5 Å². The molecular weight excluding hydrogens is 240 g/mol. The molecular formula is C16H24O3. The second kappa shape index (κ2) is 8.57. The van der Waals surface area contributed by atoms with Crippen molar-refractivity contribution in [2.75, 3.05) is 13.2 Å². The highest BCUT2D eigenvalue weighted by Gasteiger charge is 2.15. The summed E-state index contributed by atoms with van der Waals surface area (Å²) >= 11 is 0. The summed E-state index contributed by atoms with van der Waals surface area (Å²) in [5.74, 6) is 0.354. The van der Waals surface area contributed by atoms with Crippen LogP contribution >= 0.6 is 0 Å². The number of unbranched alkanes of at least 4 members (excludes halogenated alkanes) is 3. The summed E-state index contributed by atoms with van der Waals surface area (Å²) in [5, 5.41) is 0. The number of para-hydroxylation sites is 1. The van der Waals surface area contributed by atoms with Crippen LogP contribution < -0.4 is 4.74 Å². The Morgan fingerprint density at radius 3 is 2.63 bits per heavy atom. The van der Waals surface area contributed by atoms with E-state index < -0.39 is 0 Å². The van der Waals surface area contributed by atoms with Gasteiger partial charge in [0.15, 0.2) is 0 Å². The van der Waals surface area contributed by atoms with Gasteiger partial charge in [-0.3, -0.25) is 0 Å². The van der Waals surface area contributed by atoms with Gasteiger partial charge in [-0.05, 0) is 31.9 Å². The van der Waals surface area contributed by atoms with Crippen LogP contribution in [0.15, 0.2) is 18.2 Å². The van der Waals surface area contributed by atoms with Crippen LogP contribution in [0.25, 0.3) is 0 Å². The van der Waals surface area contributed by atoms with Gasteiger partial charge in [0.2, 0.25) is 0 Å². The van der Waals surface area contributed by atoms with Crippen molar-refractivity contribution in [3.05, 3.63) is 29.3 Å². The number of benzene rings is 1. The quantitative estimate of drug-likeness (QED) is 0.523. The van der Waals surface area contributed by atoms with Crippen LogP contribution in [0.2, 0.25) is 0 Å². The van der Waals surface area contributed by atoms with Gasteiger partial charge in [-0.1, -0.05) is 38.3 Å². The lowest BCUT2D eigenvalue weighted by Crippen LogP contribution is -2.10. The van der Waals surface area contributed by atoms with Crippen molar-refractivity contribution in [1.29, 1.82) is 0 Å². The van der Waals surface area contributed by atoms with Gasteiger partial charge in [0.05, 0.1) is 13.2 Å². The molecule has 0 aliphatic heterocycles. The number of rotatable bonds is 8. The molecule has 0 N–H and O–H groups in total. The first-order valence-corrected chi connectivity index (χ1v) is 7.10. The predicted molar refractivity (Wildman–Crippen MR) is 76.8 cm³/mol. The number of carbonyl (C=O) groups excluding carboxylic acids is 1. The molecule has 19 heavy (non-hydrogen) atoms. The highest BCUT2D eigenvalue weighted by Crippen LogP contribution is 2.24. The lowest BCUT2D eigenvalue weighted by molar-refractivity contribution is 0.0493. The van der Waals surface area contributed by atoms with Crippen LogP contribution in [0.5, 0.6) is 5.75 Å². The Morgan fingerprint density at radius 2 is 1.95 bits per heavy atom. The van der Waals surface area contributed by atoms with Crippen LogP contribution in [0, 0.1) is 6.92 Å². The smallest absolute Gasteiger partial charge is 0.341 e. The Bertz CT molecular complexity index is 399. The van der Waals surface area contributed by atoms with Gasteiger partial charge in [-0.2, -0.15) is 0 Å². The summed E-state index contributed by atoms with van der Waals surface area (Å²) < 4.78 is 10.8. The Labute approximate surface area is 115 Å². The SMILES string of the molecule is CCCCCCOC(=O)c1cccc(C)c1OCC. The van der Waals surface area contributed by atoms with Gasteiger partial charge in [0.25, 0.3) is 0 Å².